The van der Waals surface area contributed by atoms with E-state index in [0.717, 1.165) is 30.4 Å². The molecule has 0 saturated carbocycles. The van der Waals surface area contributed by atoms with Crippen molar-refractivity contribution < 1.29 is 10.2 Å². The summed E-state index contributed by atoms with van der Waals surface area (Å²) in [6.07, 6.45) is 2.30. The van der Waals surface area contributed by atoms with Crippen LogP contribution in [0, 0.1) is 0 Å². The summed E-state index contributed by atoms with van der Waals surface area (Å²) in [5, 5.41) is 20.1. The van der Waals surface area contributed by atoms with Gasteiger partial charge in [-0.25, -0.2) is 0 Å². The molecule has 4 aromatic carbocycles. The predicted octanol–water partition coefficient (Wildman–Crippen LogP) is 5.87. The van der Waals surface area contributed by atoms with Crippen LogP contribution in [0.1, 0.15) is 33.4 Å². The highest BCUT2D eigenvalue weighted by Gasteiger charge is 2.11. The second kappa shape index (κ2) is 8.66. The van der Waals surface area contributed by atoms with Crippen LogP contribution in [-0.4, -0.2) is 10.2 Å². The maximum absolute atomic E-state index is 10.0. The highest BCUT2D eigenvalue weighted by molar-refractivity contribution is 5.45. The van der Waals surface area contributed by atoms with Crippen molar-refractivity contribution in [3.8, 4) is 11.5 Å². The van der Waals surface area contributed by atoms with Gasteiger partial charge in [-0.15, -0.1) is 0 Å². The number of phenols is 2. The maximum atomic E-state index is 10.0. The monoisotopic (exact) mass is 380 g/mol. The molecule has 0 aromatic heterocycles. The number of rotatable bonds is 6. The van der Waals surface area contributed by atoms with E-state index >= 15 is 0 Å². The summed E-state index contributed by atoms with van der Waals surface area (Å²) in [4.78, 5) is 0. The lowest BCUT2D eigenvalue weighted by molar-refractivity contribution is 0.474. The topological polar surface area (TPSA) is 40.5 Å². The molecule has 0 bridgehead atoms. The van der Waals surface area contributed by atoms with Crippen molar-refractivity contribution in [1.29, 1.82) is 0 Å². The van der Waals surface area contributed by atoms with E-state index < -0.39 is 0 Å². The fourth-order valence-corrected chi connectivity index (χ4v) is 3.74. The van der Waals surface area contributed by atoms with Gasteiger partial charge in [0.2, 0.25) is 0 Å². The molecule has 0 aliphatic carbocycles. The van der Waals surface area contributed by atoms with E-state index in [-0.39, 0.29) is 11.5 Å². The lowest BCUT2D eigenvalue weighted by atomic mass is 9.91. The summed E-state index contributed by atoms with van der Waals surface area (Å²) in [6.45, 7) is 0. The van der Waals surface area contributed by atoms with Crippen molar-refractivity contribution in [3.63, 3.8) is 0 Å². The van der Waals surface area contributed by atoms with Crippen molar-refractivity contribution in [2.24, 2.45) is 0 Å². The Labute approximate surface area is 171 Å². The van der Waals surface area contributed by atoms with Crippen molar-refractivity contribution >= 4 is 0 Å². The number of phenolic OH excluding ortho intramolecular Hbond substituents is 2. The quantitative estimate of drug-likeness (QED) is 0.439. The average molecular weight is 380 g/mol. The summed E-state index contributed by atoms with van der Waals surface area (Å²) in [7, 11) is 0. The van der Waals surface area contributed by atoms with Crippen LogP contribution in [0.15, 0.2) is 97.1 Å². The van der Waals surface area contributed by atoms with Crippen molar-refractivity contribution in [2.45, 2.75) is 19.3 Å². The molecule has 2 heteroatoms. The zero-order valence-corrected chi connectivity index (χ0v) is 16.3. The van der Waals surface area contributed by atoms with Gasteiger partial charge in [-0.05, 0) is 76.9 Å². The Balaban J connectivity index is 1.66. The summed E-state index contributed by atoms with van der Waals surface area (Å²) < 4.78 is 0. The second-order valence-electron chi connectivity index (χ2n) is 7.41. The molecular weight excluding hydrogens is 356 g/mol. The Kier molecular flexibility index (Phi) is 5.62. The maximum Gasteiger partial charge on any atom is 0.115 e. The third-order valence-electron chi connectivity index (χ3n) is 5.24. The molecule has 29 heavy (non-hydrogen) atoms. The first-order valence-electron chi connectivity index (χ1n) is 9.87. The molecule has 0 atom stereocenters. The van der Waals surface area contributed by atoms with Crippen molar-refractivity contribution in [2.75, 3.05) is 0 Å². The Morgan fingerprint density at radius 3 is 1.24 bits per heavy atom. The molecule has 144 valence electrons. The van der Waals surface area contributed by atoms with Gasteiger partial charge in [0.05, 0.1) is 0 Å². The normalized spacial score (nSPS) is 10.8. The standard InChI is InChI=1S/C27H24O2/c28-26-13-11-22(24(18-26)15-20-7-3-1-4-8-20)17-23-12-14-27(29)19-25(23)16-21-9-5-2-6-10-21/h1-14,18-19,28-29H,15-17H2. The van der Waals surface area contributed by atoms with E-state index in [1.807, 2.05) is 60.7 Å². The van der Waals surface area contributed by atoms with Gasteiger partial charge in [-0.1, -0.05) is 72.8 Å². The van der Waals surface area contributed by atoms with Gasteiger partial charge in [0, 0.05) is 0 Å². The minimum atomic E-state index is 0.287. The molecule has 0 aliphatic rings. The molecule has 0 aliphatic heterocycles. The van der Waals surface area contributed by atoms with E-state index in [2.05, 4.69) is 24.3 Å². The molecule has 4 aromatic rings. The summed E-state index contributed by atoms with van der Waals surface area (Å²) >= 11 is 0. The zero-order valence-electron chi connectivity index (χ0n) is 16.3. The van der Waals surface area contributed by atoms with Crippen LogP contribution >= 0.6 is 0 Å². The minimum Gasteiger partial charge on any atom is -0.508 e. The van der Waals surface area contributed by atoms with Crippen LogP contribution in [0.3, 0.4) is 0 Å². The number of aromatic hydroxyl groups is 2. The van der Waals surface area contributed by atoms with Gasteiger partial charge in [-0.3, -0.25) is 0 Å². The Morgan fingerprint density at radius 2 is 0.828 bits per heavy atom. The molecule has 2 N–H and O–H groups in total. The Hall–Kier alpha value is -3.52. The lowest BCUT2D eigenvalue weighted by Crippen LogP contribution is -2.01. The van der Waals surface area contributed by atoms with Gasteiger partial charge < -0.3 is 10.2 Å². The second-order valence-corrected chi connectivity index (χ2v) is 7.41. The molecule has 0 heterocycles. The van der Waals surface area contributed by atoms with Crippen LogP contribution in [0.5, 0.6) is 11.5 Å². The molecule has 0 radical (unpaired) electrons. The molecule has 0 saturated heterocycles. The van der Waals surface area contributed by atoms with Gasteiger partial charge in [0.1, 0.15) is 11.5 Å². The van der Waals surface area contributed by atoms with E-state index in [4.69, 9.17) is 0 Å². The van der Waals surface area contributed by atoms with Crippen molar-refractivity contribution in [3.05, 3.63) is 130 Å². The molecule has 0 spiro atoms. The number of benzene rings is 4. The van der Waals surface area contributed by atoms with E-state index in [0.29, 0.717) is 0 Å². The fourth-order valence-electron chi connectivity index (χ4n) is 3.74. The van der Waals surface area contributed by atoms with Gasteiger partial charge in [-0.2, -0.15) is 0 Å². The smallest absolute Gasteiger partial charge is 0.115 e. The fraction of sp³-hybridized carbons (Fsp3) is 0.111. The lowest BCUT2D eigenvalue weighted by Gasteiger charge is -2.14. The highest BCUT2D eigenvalue weighted by atomic mass is 16.3. The zero-order chi connectivity index (χ0) is 20.1. The first kappa shape index (κ1) is 18.8. The van der Waals surface area contributed by atoms with Crippen LogP contribution in [-0.2, 0) is 19.3 Å². The van der Waals surface area contributed by atoms with E-state index in [9.17, 15) is 10.2 Å². The van der Waals surface area contributed by atoms with Gasteiger partial charge in [0.15, 0.2) is 0 Å². The minimum absolute atomic E-state index is 0.287. The molecule has 0 amide bonds. The van der Waals surface area contributed by atoms with Crippen LogP contribution in [0.2, 0.25) is 0 Å². The van der Waals surface area contributed by atoms with E-state index in [1.54, 1.807) is 12.1 Å². The summed E-state index contributed by atoms with van der Waals surface area (Å²) in [5.74, 6) is 0.574. The first-order valence-corrected chi connectivity index (χ1v) is 9.87. The average Bonchev–Trinajstić information content (AvgIpc) is 2.73. The Morgan fingerprint density at radius 1 is 0.414 bits per heavy atom. The van der Waals surface area contributed by atoms with Crippen LogP contribution in [0.4, 0.5) is 0 Å². The number of hydrogen-bond donors (Lipinski definition) is 2. The predicted molar refractivity (Wildman–Crippen MR) is 118 cm³/mol. The third kappa shape index (κ3) is 4.85. The van der Waals surface area contributed by atoms with Gasteiger partial charge in [0.25, 0.3) is 0 Å². The highest BCUT2D eigenvalue weighted by Crippen LogP contribution is 2.26. The van der Waals surface area contributed by atoms with E-state index in [1.165, 1.54) is 22.3 Å². The first-order chi connectivity index (χ1) is 14.2. The molecule has 2 nitrogen and oxygen atoms in total. The SMILES string of the molecule is Oc1ccc(Cc2ccc(O)cc2Cc2ccccc2)c(Cc2ccccc2)c1. The molecule has 0 unspecified atom stereocenters. The van der Waals surface area contributed by atoms with Crippen molar-refractivity contribution in [1.82, 2.24) is 0 Å². The summed E-state index contributed by atoms with van der Waals surface area (Å²) in [5.41, 5.74) is 7.05. The molecule has 0 fully saturated rings. The molecular formula is C27H24O2. The number of hydrogen-bond acceptors (Lipinski definition) is 2. The third-order valence-corrected chi connectivity index (χ3v) is 5.24. The largest absolute Gasteiger partial charge is 0.508 e. The van der Waals surface area contributed by atoms with Gasteiger partial charge >= 0.3 is 0 Å². The Bertz CT molecular complexity index is 997. The molecule has 4 rings (SSSR count). The van der Waals surface area contributed by atoms with Crippen LogP contribution < -0.4 is 0 Å². The van der Waals surface area contributed by atoms with Crippen LogP contribution in [0.25, 0.3) is 0 Å². The summed E-state index contributed by atoms with van der Waals surface area (Å²) in [6, 6.07) is 31.8.